The number of pyridine rings is 1. The number of aliphatic carboxylic acids is 1. The van der Waals surface area contributed by atoms with Crippen molar-refractivity contribution in [3.63, 3.8) is 0 Å². The number of Topliss-reactive ketones (excluding diaryl/α,β-unsaturated/α-hetero) is 1. The molecule has 2 amide bonds. The molecule has 0 bridgehead atoms. The van der Waals surface area contributed by atoms with Crippen LogP contribution >= 0.6 is 0 Å². The number of rotatable bonds is 8. The highest BCUT2D eigenvalue weighted by Gasteiger charge is 2.54. The molecule has 3 heterocycles. The van der Waals surface area contributed by atoms with E-state index in [1.165, 1.54) is 24.3 Å². The standard InChI is InChI=1S/C21H30N4O5/c1-13(14(2)26)17(19(27)28)21(30)11-25(12-21)20(29)23-10-4-6-16-8-7-15-5-3-9-22-18(15)24-16/h7-8,13,17,30H,3-6,9-12H2,1-2H3,(H,22,24)(H,23,29)(H,27,28)/t13-,17?/m0/s1. The van der Waals surface area contributed by atoms with E-state index in [-0.39, 0.29) is 24.9 Å². The molecule has 0 spiro atoms. The molecule has 9 nitrogen and oxygen atoms in total. The van der Waals surface area contributed by atoms with Crippen molar-refractivity contribution in [1.82, 2.24) is 15.2 Å². The molecule has 0 aromatic carbocycles. The molecular weight excluding hydrogens is 388 g/mol. The summed E-state index contributed by atoms with van der Waals surface area (Å²) in [6.45, 7) is 3.98. The van der Waals surface area contributed by atoms with Crippen LogP contribution in [0.25, 0.3) is 0 Å². The highest BCUT2D eigenvalue weighted by atomic mass is 16.4. The largest absolute Gasteiger partial charge is 0.481 e. The van der Waals surface area contributed by atoms with Crippen LogP contribution in [-0.2, 0) is 22.4 Å². The molecule has 0 saturated carbocycles. The number of aromatic nitrogens is 1. The fourth-order valence-electron chi connectivity index (χ4n) is 4.18. The molecule has 1 aromatic rings. The molecule has 1 aromatic heterocycles. The van der Waals surface area contributed by atoms with Gasteiger partial charge in [-0.3, -0.25) is 9.59 Å². The summed E-state index contributed by atoms with van der Waals surface area (Å²) < 4.78 is 0. The molecule has 0 radical (unpaired) electrons. The van der Waals surface area contributed by atoms with E-state index >= 15 is 0 Å². The van der Waals surface area contributed by atoms with Crippen LogP contribution in [0, 0.1) is 11.8 Å². The minimum Gasteiger partial charge on any atom is -0.481 e. The number of β-amino-alcohol motifs (C(OH)–C–C–N with tert-alkyl or cyclic N) is 1. The van der Waals surface area contributed by atoms with Crippen LogP contribution in [0.4, 0.5) is 10.6 Å². The number of carbonyl (C=O) groups excluding carboxylic acids is 2. The van der Waals surface area contributed by atoms with Gasteiger partial charge < -0.3 is 25.7 Å². The van der Waals surface area contributed by atoms with Crippen LogP contribution in [0.2, 0.25) is 0 Å². The first-order valence-electron chi connectivity index (χ1n) is 10.4. The summed E-state index contributed by atoms with van der Waals surface area (Å²) in [6, 6.07) is 3.77. The quantitative estimate of drug-likeness (QED) is 0.464. The molecule has 1 unspecified atom stereocenters. The average Bonchev–Trinajstić information content (AvgIpc) is 2.68. The molecule has 4 N–H and O–H groups in total. The summed E-state index contributed by atoms with van der Waals surface area (Å²) in [5, 5.41) is 26.2. The van der Waals surface area contributed by atoms with Crippen LogP contribution in [0.1, 0.15) is 37.9 Å². The van der Waals surface area contributed by atoms with Gasteiger partial charge >= 0.3 is 12.0 Å². The normalized spacial score (nSPS) is 19.0. The van der Waals surface area contributed by atoms with Crippen LogP contribution in [-0.4, -0.2) is 69.7 Å². The van der Waals surface area contributed by atoms with Gasteiger partial charge in [0.15, 0.2) is 0 Å². The van der Waals surface area contributed by atoms with Gasteiger partial charge in [0, 0.05) is 24.7 Å². The van der Waals surface area contributed by atoms with E-state index in [4.69, 9.17) is 0 Å². The molecule has 2 aliphatic heterocycles. The molecular formula is C21H30N4O5. The number of likely N-dealkylation sites (tertiary alicyclic amines) is 1. The second-order valence-electron chi connectivity index (χ2n) is 8.35. The molecule has 9 heteroatoms. The van der Waals surface area contributed by atoms with Gasteiger partial charge in [0.2, 0.25) is 0 Å². The molecule has 1 fully saturated rings. The second-order valence-corrected chi connectivity index (χ2v) is 8.35. The van der Waals surface area contributed by atoms with Crippen LogP contribution in [0.5, 0.6) is 0 Å². The van der Waals surface area contributed by atoms with Crippen molar-refractivity contribution < 1.29 is 24.6 Å². The first-order valence-corrected chi connectivity index (χ1v) is 10.4. The van der Waals surface area contributed by atoms with Gasteiger partial charge in [-0.1, -0.05) is 13.0 Å². The number of nitrogens with one attached hydrogen (secondary N) is 2. The molecule has 164 valence electrons. The number of aliphatic hydroxyl groups is 1. The molecule has 2 atom stereocenters. The zero-order chi connectivity index (χ0) is 21.9. The fraction of sp³-hybridized carbons (Fsp3) is 0.619. The summed E-state index contributed by atoms with van der Waals surface area (Å²) >= 11 is 0. The van der Waals surface area contributed by atoms with E-state index < -0.39 is 23.4 Å². The number of carbonyl (C=O) groups is 3. The number of urea groups is 1. The summed E-state index contributed by atoms with van der Waals surface area (Å²) in [5.74, 6) is -2.63. The zero-order valence-electron chi connectivity index (χ0n) is 17.5. The van der Waals surface area contributed by atoms with E-state index in [1.54, 1.807) is 0 Å². The van der Waals surface area contributed by atoms with Crippen molar-refractivity contribution in [3.8, 4) is 0 Å². The summed E-state index contributed by atoms with van der Waals surface area (Å²) in [6.07, 6.45) is 3.61. The maximum atomic E-state index is 12.3. The number of nitrogens with zero attached hydrogens (tertiary/aromatic N) is 2. The lowest BCUT2D eigenvalue weighted by Gasteiger charge is -2.50. The Morgan fingerprint density at radius 3 is 2.73 bits per heavy atom. The average molecular weight is 418 g/mol. The third-order valence-electron chi connectivity index (χ3n) is 6.04. The minimum atomic E-state index is -1.59. The Morgan fingerprint density at radius 2 is 2.07 bits per heavy atom. The van der Waals surface area contributed by atoms with Crippen molar-refractivity contribution in [1.29, 1.82) is 0 Å². The van der Waals surface area contributed by atoms with Gasteiger partial charge in [0.25, 0.3) is 0 Å². The predicted octanol–water partition coefficient (Wildman–Crippen LogP) is 1.05. The van der Waals surface area contributed by atoms with Crippen LogP contribution in [0.15, 0.2) is 12.1 Å². The topological polar surface area (TPSA) is 132 Å². The zero-order valence-corrected chi connectivity index (χ0v) is 17.5. The van der Waals surface area contributed by atoms with Gasteiger partial charge in [-0.25, -0.2) is 9.78 Å². The van der Waals surface area contributed by atoms with E-state index in [0.29, 0.717) is 6.54 Å². The molecule has 3 rings (SSSR count). The Morgan fingerprint density at radius 1 is 1.33 bits per heavy atom. The summed E-state index contributed by atoms with van der Waals surface area (Å²) in [4.78, 5) is 41.4. The van der Waals surface area contributed by atoms with Crippen molar-refractivity contribution in [2.75, 3.05) is 31.5 Å². The first-order chi connectivity index (χ1) is 14.2. The summed E-state index contributed by atoms with van der Waals surface area (Å²) in [5.41, 5.74) is 0.620. The van der Waals surface area contributed by atoms with Gasteiger partial charge in [0.05, 0.1) is 19.0 Å². The number of aryl methyl sites for hydroxylation is 2. The maximum Gasteiger partial charge on any atom is 0.317 e. The highest BCUT2D eigenvalue weighted by Crippen LogP contribution is 2.34. The molecule has 2 aliphatic rings. The van der Waals surface area contributed by atoms with Crippen LogP contribution in [0.3, 0.4) is 0 Å². The van der Waals surface area contributed by atoms with E-state index in [2.05, 4.69) is 21.7 Å². The lowest BCUT2D eigenvalue weighted by Crippen LogP contribution is -2.70. The minimum absolute atomic E-state index is 0.106. The number of carboxylic acid groups (broad SMARTS) is 1. The number of amides is 2. The van der Waals surface area contributed by atoms with Crippen molar-refractivity contribution in [2.45, 2.75) is 45.1 Å². The van der Waals surface area contributed by atoms with Crippen molar-refractivity contribution in [3.05, 3.63) is 23.4 Å². The number of carboxylic acids is 1. The van der Waals surface area contributed by atoms with Crippen molar-refractivity contribution in [2.24, 2.45) is 11.8 Å². The van der Waals surface area contributed by atoms with E-state index in [9.17, 15) is 24.6 Å². The molecule has 1 saturated heterocycles. The predicted molar refractivity (Wildman–Crippen MR) is 110 cm³/mol. The second kappa shape index (κ2) is 8.99. The monoisotopic (exact) mass is 418 g/mol. The number of fused-ring (bicyclic) bond motifs is 1. The Bertz CT molecular complexity index is 822. The SMILES string of the molecule is CC(=O)[C@H](C)C(C(=O)O)C1(O)CN(C(=O)NCCCc2ccc3c(n2)NCCC3)C1. The lowest BCUT2D eigenvalue weighted by molar-refractivity contribution is -0.174. The summed E-state index contributed by atoms with van der Waals surface area (Å²) in [7, 11) is 0. The Balaban J connectivity index is 1.43. The first kappa shape index (κ1) is 22.0. The van der Waals surface area contributed by atoms with E-state index in [1.807, 2.05) is 6.07 Å². The molecule has 30 heavy (non-hydrogen) atoms. The number of hydrogen-bond acceptors (Lipinski definition) is 6. The van der Waals surface area contributed by atoms with Crippen LogP contribution < -0.4 is 10.6 Å². The highest BCUT2D eigenvalue weighted by molar-refractivity contribution is 5.85. The number of hydrogen-bond donors (Lipinski definition) is 4. The third kappa shape index (κ3) is 4.72. The van der Waals surface area contributed by atoms with Crippen molar-refractivity contribution >= 4 is 23.6 Å². The Kier molecular flexibility index (Phi) is 6.60. The maximum absolute atomic E-state index is 12.3. The van der Waals surface area contributed by atoms with E-state index in [0.717, 1.165) is 43.7 Å². The Hall–Kier alpha value is -2.68. The van der Waals surface area contributed by atoms with Gasteiger partial charge in [-0.15, -0.1) is 0 Å². The lowest BCUT2D eigenvalue weighted by atomic mass is 9.73. The molecule has 0 aliphatic carbocycles. The van der Waals surface area contributed by atoms with Gasteiger partial charge in [-0.05, 0) is 44.2 Å². The van der Waals surface area contributed by atoms with Gasteiger partial charge in [0.1, 0.15) is 17.2 Å². The number of ketones is 1. The fourth-order valence-corrected chi connectivity index (χ4v) is 4.18. The Labute approximate surface area is 175 Å². The number of anilines is 1. The van der Waals surface area contributed by atoms with Gasteiger partial charge in [-0.2, -0.15) is 0 Å². The smallest absolute Gasteiger partial charge is 0.317 e. The third-order valence-corrected chi connectivity index (χ3v) is 6.04.